The maximum Gasteiger partial charge on any atom is 0.374 e. The van der Waals surface area contributed by atoms with Crippen molar-refractivity contribution in [3.63, 3.8) is 0 Å². The first-order valence-electron chi connectivity index (χ1n) is 6.34. The topological polar surface area (TPSA) is 104 Å². The molecule has 0 radical (unpaired) electrons. The van der Waals surface area contributed by atoms with Gasteiger partial charge in [0.2, 0.25) is 11.6 Å². The molecule has 0 bridgehead atoms. The Kier molecular flexibility index (Phi) is 4.80. The lowest BCUT2D eigenvalue weighted by molar-refractivity contribution is 0.0566. The Balaban J connectivity index is 2.35. The third-order valence-corrected chi connectivity index (χ3v) is 4.26. The Morgan fingerprint density at radius 1 is 1.09 bits per heavy atom. The summed E-state index contributed by atoms with van der Waals surface area (Å²) in [5, 5.41) is 0. The Bertz CT molecular complexity index is 810. The number of benzene rings is 1. The van der Waals surface area contributed by atoms with Gasteiger partial charge in [-0.15, -0.1) is 0 Å². The molecule has 0 aliphatic rings. The molecule has 23 heavy (non-hydrogen) atoms. The lowest BCUT2D eigenvalue weighted by Crippen LogP contribution is -2.14. The van der Waals surface area contributed by atoms with Crippen molar-refractivity contribution in [1.29, 1.82) is 0 Å². The molecule has 1 aromatic heterocycles. The van der Waals surface area contributed by atoms with Gasteiger partial charge >= 0.3 is 5.97 Å². The number of esters is 1. The van der Waals surface area contributed by atoms with E-state index in [2.05, 4.69) is 9.46 Å². The lowest BCUT2D eigenvalue weighted by Gasteiger charge is -2.11. The maximum atomic E-state index is 12.5. The molecular weight excluding hydrogens is 326 g/mol. The molecule has 0 atom stereocenters. The van der Waals surface area contributed by atoms with E-state index >= 15 is 0 Å². The zero-order chi connectivity index (χ0) is 17.0. The van der Waals surface area contributed by atoms with Crippen LogP contribution in [0, 0.1) is 0 Å². The maximum absolute atomic E-state index is 12.5. The molecule has 0 unspecified atom stereocenters. The Hall–Kier alpha value is -2.68. The second-order valence-electron chi connectivity index (χ2n) is 4.28. The number of carbonyl (C=O) groups excluding carboxylic acids is 1. The second-order valence-corrected chi connectivity index (χ2v) is 5.93. The molecule has 1 heterocycles. The van der Waals surface area contributed by atoms with E-state index in [-0.39, 0.29) is 22.3 Å². The van der Waals surface area contributed by atoms with Gasteiger partial charge in [0.1, 0.15) is 16.4 Å². The van der Waals surface area contributed by atoms with Gasteiger partial charge in [0.25, 0.3) is 10.0 Å². The fourth-order valence-electron chi connectivity index (χ4n) is 1.78. The number of carbonyl (C=O) groups is 1. The predicted octanol–water partition coefficient (Wildman–Crippen LogP) is 1.88. The molecule has 1 N–H and O–H groups in total. The molecule has 0 saturated heterocycles. The van der Waals surface area contributed by atoms with Gasteiger partial charge in [0, 0.05) is 12.1 Å². The molecule has 0 saturated carbocycles. The molecular formula is C14H15NO7S. The first kappa shape index (κ1) is 16.7. The van der Waals surface area contributed by atoms with E-state index in [0.29, 0.717) is 5.75 Å². The number of sulfonamides is 1. The summed E-state index contributed by atoms with van der Waals surface area (Å²) in [6.45, 7) is 0. The number of nitrogens with one attached hydrogen (secondary N) is 1. The standard InChI is InChI=1S/C14H15NO7S/c1-19-9-4-5-10(20-2)12(8-9)23(17,18)15-13-7-6-11(22-13)14(16)21-3/h4-8,15H,1-3H3. The van der Waals surface area contributed by atoms with E-state index in [4.69, 9.17) is 13.9 Å². The summed E-state index contributed by atoms with van der Waals surface area (Å²) in [5.74, 6) is -0.480. The van der Waals surface area contributed by atoms with Gasteiger partial charge in [-0.2, -0.15) is 0 Å². The minimum absolute atomic E-state index is 0.122. The molecule has 0 amide bonds. The summed E-state index contributed by atoms with van der Waals surface area (Å²) in [5.41, 5.74) is 0. The van der Waals surface area contributed by atoms with Crippen LogP contribution < -0.4 is 14.2 Å². The molecule has 0 fully saturated rings. The highest BCUT2D eigenvalue weighted by atomic mass is 32.2. The minimum Gasteiger partial charge on any atom is -0.497 e. The normalized spacial score (nSPS) is 10.9. The van der Waals surface area contributed by atoms with Crippen molar-refractivity contribution in [2.75, 3.05) is 26.1 Å². The molecule has 124 valence electrons. The Labute approximate surface area is 133 Å². The number of rotatable bonds is 6. The van der Waals surface area contributed by atoms with Crippen LogP contribution in [0.3, 0.4) is 0 Å². The average Bonchev–Trinajstić information content (AvgIpc) is 3.01. The van der Waals surface area contributed by atoms with Gasteiger partial charge in [0.05, 0.1) is 21.3 Å². The van der Waals surface area contributed by atoms with Crippen LogP contribution in [0.15, 0.2) is 39.6 Å². The number of methoxy groups -OCH3 is 3. The van der Waals surface area contributed by atoms with E-state index in [1.165, 1.54) is 45.6 Å². The first-order valence-corrected chi connectivity index (χ1v) is 7.82. The van der Waals surface area contributed by atoms with Gasteiger partial charge in [-0.3, -0.25) is 0 Å². The van der Waals surface area contributed by atoms with E-state index in [1.54, 1.807) is 6.07 Å². The van der Waals surface area contributed by atoms with E-state index in [9.17, 15) is 13.2 Å². The average molecular weight is 341 g/mol. The van der Waals surface area contributed by atoms with E-state index in [1.807, 2.05) is 0 Å². The Morgan fingerprint density at radius 3 is 2.43 bits per heavy atom. The van der Waals surface area contributed by atoms with Crippen LogP contribution >= 0.6 is 0 Å². The Morgan fingerprint density at radius 2 is 1.83 bits per heavy atom. The molecule has 2 aromatic rings. The van der Waals surface area contributed by atoms with E-state index in [0.717, 1.165) is 0 Å². The van der Waals surface area contributed by atoms with Gasteiger partial charge in [0.15, 0.2) is 0 Å². The monoisotopic (exact) mass is 341 g/mol. The van der Waals surface area contributed by atoms with Crippen molar-refractivity contribution in [3.05, 3.63) is 36.1 Å². The van der Waals surface area contributed by atoms with Gasteiger partial charge in [-0.05, 0) is 18.2 Å². The molecule has 2 rings (SSSR count). The van der Waals surface area contributed by atoms with Crippen molar-refractivity contribution >= 4 is 21.9 Å². The second kappa shape index (κ2) is 6.61. The fraction of sp³-hybridized carbons (Fsp3) is 0.214. The van der Waals surface area contributed by atoms with Crippen LogP contribution in [0.4, 0.5) is 5.88 Å². The molecule has 8 nitrogen and oxygen atoms in total. The number of ether oxygens (including phenoxy) is 3. The van der Waals surface area contributed by atoms with Crippen LogP contribution in [0.2, 0.25) is 0 Å². The number of furan rings is 1. The smallest absolute Gasteiger partial charge is 0.374 e. The first-order chi connectivity index (χ1) is 10.9. The van der Waals surface area contributed by atoms with Crippen LogP contribution in [0.5, 0.6) is 11.5 Å². The van der Waals surface area contributed by atoms with Crippen molar-refractivity contribution in [1.82, 2.24) is 0 Å². The SMILES string of the molecule is COC(=O)c1ccc(NS(=O)(=O)c2cc(OC)ccc2OC)o1. The third kappa shape index (κ3) is 3.57. The van der Waals surface area contributed by atoms with Crippen molar-refractivity contribution in [2.45, 2.75) is 4.90 Å². The molecule has 1 aromatic carbocycles. The zero-order valence-corrected chi connectivity index (χ0v) is 13.5. The van der Waals surface area contributed by atoms with Crippen molar-refractivity contribution in [3.8, 4) is 11.5 Å². The highest BCUT2D eigenvalue weighted by Gasteiger charge is 2.23. The molecule has 0 spiro atoms. The number of hydrogen-bond donors (Lipinski definition) is 1. The van der Waals surface area contributed by atoms with Crippen LogP contribution in [0.1, 0.15) is 10.6 Å². The van der Waals surface area contributed by atoms with Gasteiger partial charge in [-0.1, -0.05) is 0 Å². The summed E-state index contributed by atoms with van der Waals surface area (Å²) < 4.78 is 46.8. The lowest BCUT2D eigenvalue weighted by atomic mass is 10.3. The summed E-state index contributed by atoms with van der Waals surface area (Å²) in [6, 6.07) is 6.95. The van der Waals surface area contributed by atoms with Gasteiger partial charge in [-0.25, -0.2) is 17.9 Å². The third-order valence-electron chi connectivity index (χ3n) is 2.89. The minimum atomic E-state index is -4.01. The molecule has 9 heteroatoms. The van der Waals surface area contributed by atoms with Crippen LogP contribution in [-0.2, 0) is 14.8 Å². The summed E-state index contributed by atoms with van der Waals surface area (Å²) in [4.78, 5) is 11.2. The molecule has 0 aliphatic carbocycles. The van der Waals surface area contributed by atoms with E-state index < -0.39 is 16.0 Å². The van der Waals surface area contributed by atoms with Crippen molar-refractivity contribution < 1.29 is 31.8 Å². The van der Waals surface area contributed by atoms with Crippen LogP contribution in [-0.4, -0.2) is 35.7 Å². The number of hydrogen-bond acceptors (Lipinski definition) is 7. The molecule has 0 aliphatic heterocycles. The predicted molar refractivity (Wildman–Crippen MR) is 80.4 cm³/mol. The largest absolute Gasteiger partial charge is 0.497 e. The highest BCUT2D eigenvalue weighted by molar-refractivity contribution is 7.92. The quantitative estimate of drug-likeness (QED) is 0.800. The summed E-state index contributed by atoms with van der Waals surface area (Å²) in [6.07, 6.45) is 0. The summed E-state index contributed by atoms with van der Waals surface area (Å²) >= 11 is 0. The number of anilines is 1. The highest BCUT2D eigenvalue weighted by Crippen LogP contribution is 2.30. The zero-order valence-electron chi connectivity index (χ0n) is 12.7. The van der Waals surface area contributed by atoms with Crippen molar-refractivity contribution in [2.24, 2.45) is 0 Å². The fourth-order valence-corrected chi connectivity index (χ4v) is 2.96. The van der Waals surface area contributed by atoms with Crippen LogP contribution in [0.25, 0.3) is 0 Å². The van der Waals surface area contributed by atoms with Gasteiger partial charge < -0.3 is 18.6 Å². The summed E-state index contributed by atoms with van der Waals surface area (Å²) in [7, 11) is -0.0506.